The summed E-state index contributed by atoms with van der Waals surface area (Å²) < 4.78 is 0. The Morgan fingerprint density at radius 1 is 1.14 bits per heavy atom. The van der Waals surface area contributed by atoms with Gasteiger partial charge in [-0.15, -0.1) is 11.3 Å². The minimum absolute atomic E-state index is 0.224. The Morgan fingerprint density at radius 3 is 2.77 bits per heavy atom. The predicted molar refractivity (Wildman–Crippen MR) is 83.4 cm³/mol. The first-order valence-corrected chi connectivity index (χ1v) is 7.60. The van der Waals surface area contributed by atoms with E-state index < -0.39 is 0 Å². The lowest BCUT2D eigenvalue weighted by molar-refractivity contribution is 0.0948. The van der Waals surface area contributed by atoms with Crippen molar-refractivity contribution in [2.45, 2.75) is 6.42 Å². The van der Waals surface area contributed by atoms with Gasteiger partial charge in [-0.3, -0.25) is 14.8 Å². The summed E-state index contributed by atoms with van der Waals surface area (Å²) in [6.07, 6.45) is 8.64. The molecule has 3 aromatic rings. The lowest BCUT2D eigenvalue weighted by atomic mass is 10.3. The van der Waals surface area contributed by atoms with Crippen molar-refractivity contribution in [3.63, 3.8) is 0 Å². The Bertz CT molecular complexity index is 745. The van der Waals surface area contributed by atoms with Gasteiger partial charge < -0.3 is 5.32 Å². The van der Waals surface area contributed by atoms with Crippen LogP contribution in [-0.4, -0.2) is 32.4 Å². The lowest BCUT2D eigenvalue weighted by Crippen LogP contribution is -2.26. The smallest absolute Gasteiger partial charge is 0.271 e. The number of amides is 1. The summed E-state index contributed by atoms with van der Waals surface area (Å²) in [5, 5.41) is 5.77. The Labute approximate surface area is 131 Å². The van der Waals surface area contributed by atoms with Crippen LogP contribution in [-0.2, 0) is 6.42 Å². The van der Waals surface area contributed by atoms with E-state index in [1.54, 1.807) is 23.7 Å². The second kappa shape index (κ2) is 6.86. The van der Waals surface area contributed by atoms with Crippen molar-refractivity contribution in [2.75, 3.05) is 6.54 Å². The fourth-order valence-electron chi connectivity index (χ4n) is 1.86. The Kier molecular flexibility index (Phi) is 4.45. The molecule has 0 unspecified atom stereocenters. The van der Waals surface area contributed by atoms with Gasteiger partial charge >= 0.3 is 0 Å². The molecule has 3 heterocycles. The van der Waals surface area contributed by atoms with Gasteiger partial charge in [-0.05, 0) is 12.1 Å². The molecule has 0 aliphatic heterocycles. The Balaban J connectivity index is 1.55. The summed E-state index contributed by atoms with van der Waals surface area (Å²) in [6.45, 7) is 0.509. The van der Waals surface area contributed by atoms with Crippen molar-refractivity contribution in [1.29, 1.82) is 0 Å². The van der Waals surface area contributed by atoms with E-state index in [0.29, 0.717) is 18.7 Å². The van der Waals surface area contributed by atoms with Crippen LogP contribution in [0.15, 0.2) is 48.5 Å². The molecule has 0 saturated carbocycles. The van der Waals surface area contributed by atoms with Crippen LogP contribution in [0.2, 0.25) is 0 Å². The van der Waals surface area contributed by atoms with E-state index in [1.807, 2.05) is 17.5 Å². The number of carbonyl (C=O) groups excluding carboxylic acids is 1. The highest BCUT2D eigenvalue weighted by Crippen LogP contribution is 2.22. The number of hydrogen-bond donors (Lipinski definition) is 1. The number of nitrogens with zero attached hydrogens (tertiary/aromatic N) is 4. The topological polar surface area (TPSA) is 80.7 Å². The highest BCUT2D eigenvalue weighted by Gasteiger charge is 2.08. The molecule has 1 amide bonds. The summed E-state index contributed by atoms with van der Waals surface area (Å²) in [7, 11) is 0. The third kappa shape index (κ3) is 3.50. The molecule has 0 radical (unpaired) electrons. The molecule has 0 bridgehead atoms. The van der Waals surface area contributed by atoms with Gasteiger partial charge in [-0.25, -0.2) is 9.97 Å². The second-order valence-electron chi connectivity index (χ2n) is 4.48. The van der Waals surface area contributed by atoms with Crippen molar-refractivity contribution in [1.82, 2.24) is 25.3 Å². The Hall–Kier alpha value is -2.67. The minimum atomic E-state index is -0.224. The van der Waals surface area contributed by atoms with Crippen molar-refractivity contribution in [3.8, 4) is 10.6 Å². The number of nitrogens with one attached hydrogen (secondary N) is 1. The van der Waals surface area contributed by atoms with Gasteiger partial charge in [0.15, 0.2) is 0 Å². The number of thiazole rings is 1. The van der Waals surface area contributed by atoms with Crippen LogP contribution in [0, 0.1) is 0 Å². The van der Waals surface area contributed by atoms with Crippen LogP contribution in [0.4, 0.5) is 0 Å². The fraction of sp³-hybridized carbons (Fsp3) is 0.133. The molecule has 0 aromatic carbocycles. The van der Waals surface area contributed by atoms with Crippen LogP contribution in [0.1, 0.15) is 16.2 Å². The third-order valence-electron chi connectivity index (χ3n) is 2.94. The number of rotatable bonds is 5. The molecule has 0 aliphatic rings. The zero-order valence-electron chi connectivity index (χ0n) is 11.6. The molecule has 7 heteroatoms. The average Bonchev–Trinajstić information content (AvgIpc) is 3.05. The molecule has 1 N–H and O–H groups in total. The van der Waals surface area contributed by atoms with Gasteiger partial charge in [0.2, 0.25) is 0 Å². The highest BCUT2D eigenvalue weighted by atomic mass is 32.1. The summed E-state index contributed by atoms with van der Waals surface area (Å²) in [5.74, 6) is -0.224. The van der Waals surface area contributed by atoms with E-state index in [0.717, 1.165) is 16.3 Å². The summed E-state index contributed by atoms with van der Waals surface area (Å²) in [6, 6.07) is 3.86. The van der Waals surface area contributed by atoms with Crippen LogP contribution in [0.3, 0.4) is 0 Å². The van der Waals surface area contributed by atoms with Gasteiger partial charge in [0.05, 0.1) is 11.9 Å². The van der Waals surface area contributed by atoms with Gasteiger partial charge in [-0.2, -0.15) is 0 Å². The molecule has 3 aromatic heterocycles. The minimum Gasteiger partial charge on any atom is -0.350 e. The molecule has 0 saturated heterocycles. The van der Waals surface area contributed by atoms with E-state index in [2.05, 4.69) is 25.3 Å². The van der Waals surface area contributed by atoms with Crippen molar-refractivity contribution < 1.29 is 4.79 Å². The molecule has 22 heavy (non-hydrogen) atoms. The summed E-state index contributed by atoms with van der Waals surface area (Å²) in [4.78, 5) is 28.2. The largest absolute Gasteiger partial charge is 0.350 e. The first-order chi connectivity index (χ1) is 10.8. The van der Waals surface area contributed by atoms with Crippen LogP contribution < -0.4 is 5.32 Å². The molecule has 0 aliphatic carbocycles. The molecule has 0 spiro atoms. The summed E-state index contributed by atoms with van der Waals surface area (Å²) in [5.41, 5.74) is 2.32. The normalized spacial score (nSPS) is 10.4. The zero-order chi connectivity index (χ0) is 15.2. The molecular weight excluding hydrogens is 298 g/mol. The van der Waals surface area contributed by atoms with Gasteiger partial charge in [0, 0.05) is 48.7 Å². The quantitative estimate of drug-likeness (QED) is 0.779. The first-order valence-electron chi connectivity index (χ1n) is 6.72. The lowest BCUT2D eigenvalue weighted by Gasteiger charge is -2.02. The fourth-order valence-corrected chi connectivity index (χ4v) is 2.72. The predicted octanol–water partition coefficient (Wildman–Crippen LogP) is 1.97. The van der Waals surface area contributed by atoms with E-state index in [-0.39, 0.29) is 5.91 Å². The number of pyridine rings is 1. The maximum Gasteiger partial charge on any atom is 0.271 e. The maximum atomic E-state index is 11.8. The van der Waals surface area contributed by atoms with E-state index >= 15 is 0 Å². The zero-order valence-corrected chi connectivity index (χ0v) is 12.5. The van der Waals surface area contributed by atoms with E-state index in [1.165, 1.54) is 18.6 Å². The van der Waals surface area contributed by atoms with Crippen LogP contribution >= 0.6 is 11.3 Å². The molecule has 0 fully saturated rings. The van der Waals surface area contributed by atoms with Gasteiger partial charge in [0.25, 0.3) is 5.91 Å². The monoisotopic (exact) mass is 311 g/mol. The number of aromatic nitrogens is 4. The molecule has 3 rings (SSSR count). The number of carbonyl (C=O) groups is 1. The van der Waals surface area contributed by atoms with Crippen LogP contribution in [0.25, 0.3) is 10.6 Å². The van der Waals surface area contributed by atoms with Crippen molar-refractivity contribution in [2.24, 2.45) is 0 Å². The third-order valence-corrected chi connectivity index (χ3v) is 3.88. The van der Waals surface area contributed by atoms with E-state index in [9.17, 15) is 4.79 Å². The van der Waals surface area contributed by atoms with Crippen molar-refractivity contribution >= 4 is 17.2 Å². The first kappa shape index (κ1) is 14.3. The van der Waals surface area contributed by atoms with E-state index in [4.69, 9.17) is 0 Å². The molecule has 0 atom stereocenters. The van der Waals surface area contributed by atoms with Crippen molar-refractivity contribution in [3.05, 3.63) is 59.9 Å². The molecular formula is C15H13N5OS. The van der Waals surface area contributed by atoms with Crippen LogP contribution in [0.5, 0.6) is 0 Å². The Morgan fingerprint density at radius 2 is 2.00 bits per heavy atom. The molecule has 6 nitrogen and oxygen atoms in total. The maximum absolute atomic E-state index is 11.8. The standard InChI is InChI=1S/C15H13N5OS/c21-14(13-9-17-7-8-18-13)19-6-3-12-10-22-15(20-12)11-1-4-16-5-2-11/h1-2,4-5,7-10H,3,6H2,(H,19,21). The summed E-state index contributed by atoms with van der Waals surface area (Å²) >= 11 is 1.58. The highest BCUT2D eigenvalue weighted by molar-refractivity contribution is 7.13. The second-order valence-corrected chi connectivity index (χ2v) is 5.33. The molecule has 110 valence electrons. The van der Waals surface area contributed by atoms with Gasteiger partial charge in [-0.1, -0.05) is 0 Å². The average molecular weight is 311 g/mol. The van der Waals surface area contributed by atoms with Gasteiger partial charge in [0.1, 0.15) is 10.7 Å². The number of hydrogen-bond acceptors (Lipinski definition) is 6. The SMILES string of the molecule is O=C(NCCc1csc(-c2ccncc2)n1)c1cnccn1.